The molecule has 2 nitrogen and oxygen atoms in total. The molecule has 0 unspecified atom stereocenters. The number of hydrogen-bond donors (Lipinski definition) is 0. The summed E-state index contributed by atoms with van der Waals surface area (Å²) >= 11 is 1.65. The minimum atomic E-state index is -4.27. The van der Waals surface area contributed by atoms with Gasteiger partial charge in [-0.25, -0.2) is 4.57 Å². The second kappa shape index (κ2) is 6.20. The van der Waals surface area contributed by atoms with E-state index in [4.69, 9.17) is 4.74 Å². The number of ether oxygens (including phenoxy) is 1. The van der Waals surface area contributed by atoms with Gasteiger partial charge in [0, 0.05) is 10.8 Å². The maximum absolute atomic E-state index is 13.5. The first-order valence-electron chi connectivity index (χ1n) is 9.78. The number of aromatic nitrogens is 1. The van der Waals surface area contributed by atoms with E-state index in [9.17, 15) is 13.2 Å². The Morgan fingerprint density at radius 2 is 1.83 bits per heavy atom. The van der Waals surface area contributed by atoms with Crippen molar-refractivity contribution in [2.24, 2.45) is 12.5 Å². The third-order valence-electron chi connectivity index (χ3n) is 6.11. The normalized spacial score (nSPS) is 13.6. The quantitative estimate of drug-likeness (QED) is 0.274. The number of thiophene rings is 1. The van der Waals surface area contributed by atoms with Crippen molar-refractivity contribution in [2.45, 2.75) is 33.4 Å². The monoisotopic (exact) mass is 428 g/mol. The Labute approximate surface area is 176 Å². The molecule has 0 spiro atoms. The van der Waals surface area contributed by atoms with E-state index in [1.807, 2.05) is 31.4 Å². The van der Waals surface area contributed by atoms with Gasteiger partial charge in [-0.15, -0.1) is 11.3 Å². The van der Waals surface area contributed by atoms with Gasteiger partial charge in [0.05, 0.1) is 16.4 Å². The molecule has 0 aliphatic carbocycles. The second-order valence-corrected chi connectivity index (χ2v) is 9.65. The van der Waals surface area contributed by atoms with E-state index in [1.54, 1.807) is 17.4 Å². The number of nitrogens with zero attached hydrogens (tertiary/aromatic N) is 1. The third-order valence-corrected chi connectivity index (χ3v) is 6.98. The van der Waals surface area contributed by atoms with Crippen LogP contribution >= 0.6 is 11.3 Å². The highest BCUT2D eigenvalue weighted by Gasteiger charge is 2.47. The minimum Gasteiger partial charge on any atom is -0.455 e. The van der Waals surface area contributed by atoms with E-state index in [-0.39, 0.29) is 6.42 Å². The molecule has 1 aliphatic heterocycles. The standard InChI is InChI=1S/C24H21F3NOS/c1-13-16-6-8-30-19(16)11-18-20(13)22-21-15(5-7-28(22)4)9-14(10-17(21)29-18)12-23(2,3)24(25,26)27/h5-11H,12H2,1-4H3/q+1. The van der Waals surface area contributed by atoms with Gasteiger partial charge in [0.25, 0.3) is 0 Å². The van der Waals surface area contributed by atoms with Crippen molar-refractivity contribution in [3.8, 4) is 22.8 Å². The fourth-order valence-corrected chi connectivity index (χ4v) is 5.24. The van der Waals surface area contributed by atoms with Crippen LogP contribution in [-0.2, 0) is 13.5 Å². The molecule has 30 heavy (non-hydrogen) atoms. The predicted octanol–water partition coefficient (Wildman–Crippen LogP) is 7.09. The Bertz CT molecular complexity index is 1330. The van der Waals surface area contributed by atoms with Gasteiger partial charge in [-0.3, -0.25) is 0 Å². The molecule has 0 radical (unpaired) electrons. The molecule has 0 atom stereocenters. The zero-order valence-electron chi connectivity index (χ0n) is 17.1. The number of hydrogen-bond acceptors (Lipinski definition) is 2. The van der Waals surface area contributed by atoms with Crippen LogP contribution in [0.3, 0.4) is 0 Å². The van der Waals surface area contributed by atoms with Gasteiger partial charge in [-0.05, 0) is 58.8 Å². The maximum Gasteiger partial charge on any atom is 0.394 e. The highest BCUT2D eigenvalue weighted by Crippen LogP contribution is 2.50. The lowest BCUT2D eigenvalue weighted by Gasteiger charge is -2.28. The summed E-state index contributed by atoms with van der Waals surface area (Å²) in [6.07, 6.45) is -2.41. The molecular weight excluding hydrogens is 407 g/mol. The van der Waals surface area contributed by atoms with Crippen LogP contribution < -0.4 is 9.30 Å². The molecule has 0 fully saturated rings. The largest absolute Gasteiger partial charge is 0.455 e. The first-order chi connectivity index (χ1) is 14.1. The van der Waals surface area contributed by atoms with Crippen LogP contribution in [0.1, 0.15) is 25.0 Å². The van der Waals surface area contributed by atoms with E-state index in [1.165, 1.54) is 19.2 Å². The lowest BCUT2D eigenvalue weighted by molar-refractivity contribution is -0.659. The molecule has 5 rings (SSSR count). The van der Waals surface area contributed by atoms with Crippen molar-refractivity contribution in [1.82, 2.24) is 0 Å². The van der Waals surface area contributed by atoms with Crippen molar-refractivity contribution >= 4 is 32.2 Å². The van der Waals surface area contributed by atoms with Gasteiger partial charge in [-0.2, -0.15) is 13.2 Å². The van der Waals surface area contributed by atoms with Gasteiger partial charge in [0.15, 0.2) is 6.20 Å². The van der Waals surface area contributed by atoms with Gasteiger partial charge < -0.3 is 4.74 Å². The van der Waals surface area contributed by atoms with E-state index >= 15 is 0 Å². The summed E-state index contributed by atoms with van der Waals surface area (Å²) in [5.74, 6) is 1.37. The molecule has 0 N–H and O–H groups in total. The van der Waals surface area contributed by atoms with Gasteiger partial charge in [0.2, 0.25) is 5.69 Å². The van der Waals surface area contributed by atoms with Crippen molar-refractivity contribution in [3.05, 3.63) is 53.0 Å². The van der Waals surface area contributed by atoms with Crippen LogP contribution in [0.15, 0.2) is 41.9 Å². The van der Waals surface area contributed by atoms with Crippen LogP contribution in [0.4, 0.5) is 13.2 Å². The summed E-state index contributed by atoms with van der Waals surface area (Å²) in [4.78, 5) is 0. The molecule has 154 valence electrons. The van der Waals surface area contributed by atoms with Crippen LogP contribution in [0.2, 0.25) is 0 Å². The van der Waals surface area contributed by atoms with Gasteiger partial charge in [-0.1, -0.05) is 19.9 Å². The van der Waals surface area contributed by atoms with Crippen LogP contribution in [0.5, 0.6) is 11.5 Å². The highest BCUT2D eigenvalue weighted by atomic mass is 32.1. The Morgan fingerprint density at radius 1 is 1.07 bits per heavy atom. The molecule has 2 aromatic carbocycles. The first-order valence-corrected chi connectivity index (χ1v) is 10.7. The summed E-state index contributed by atoms with van der Waals surface area (Å²) in [6, 6.07) is 9.74. The number of fused-ring (bicyclic) bond motifs is 3. The zero-order chi connectivity index (χ0) is 21.4. The average Bonchev–Trinajstić information content (AvgIpc) is 3.11. The van der Waals surface area contributed by atoms with Crippen molar-refractivity contribution < 1.29 is 22.5 Å². The fraction of sp³-hybridized carbons (Fsp3) is 0.292. The molecule has 0 amide bonds. The number of halogens is 3. The Balaban J connectivity index is 1.76. The Morgan fingerprint density at radius 3 is 2.57 bits per heavy atom. The summed E-state index contributed by atoms with van der Waals surface area (Å²) in [7, 11) is 1.99. The van der Waals surface area contributed by atoms with Crippen molar-refractivity contribution in [2.75, 3.05) is 0 Å². The Kier molecular flexibility index (Phi) is 4.00. The average molecular weight is 428 g/mol. The molecule has 2 aromatic heterocycles. The van der Waals surface area contributed by atoms with Crippen LogP contribution in [-0.4, -0.2) is 6.18 Å². The van der Waals surface area contributed by atoms with E-state index in [0.717, 1.165) is 38.0 Å². The predicted molar refractivity (Wildman–Crippen MR) is 114 cm³/mol. The van der Waals surface area contributed by atoms with Crippen LogP contribution in [0.25, 0.3) is 32.1 Å². The number of pyridine rings is 1. The molecule has 3 heterocycles. The number of rotatable bonds is 2. The highest BCUT2D eigenvalue weighted by molar-refractivity contribution is 7.17. The maximum atomic E-state index is 13.5. The van der Waals surface area contributed by atoms with Gasteiger partial charge >= 0.3 is 6.18 Å². The first kappa shape index (κ1) is 19.4. The van der Waals surface area contributed by atoms with E-state index in [0.29, 0.717) is 11.3 Å². The minimum absolute atomic E-state index is 0.102. The lowest BCUT2D eigenvalue weighted by atomic mass is 9.84. The zero-order valence-corrected chi connectivity index (χ0v) is 18.0. The van der Waals surface area contributed by atoms with E-state index < -0.39 is 11.6 Å². The number of benzene rings is 2. The number of aryl methyl sites for hydroxylation is 2. The second-order valence-electron chi connectivity index (χ2n) is 8.70. The van der Waals surface area contributed by atoms with Crippen molar-refractivity contribution in [1.29, 1.82) is 0 Å². The molecule has 0 bridgehead atoms. The Hall–Kier alpha value is -2.60. The smallest absolute Gasteiger partial charge is 0.394 e. The summed E-state index contributed by atoms with van der Waals surface area (Å²) in [6.45, 7) is 4.58. The van der Waals surface area contributed by atoms with Crippen LogP contribution in [0, 0.1) is 12.3 Å². The van der Waals surface area contributed by atoms with Gasteiger partial charge in [0.1, 0.15) is 18.5 Å². The molecule has 4 aromatic rings. The van der Waals surface area contributed by atoms with E-state index in [2.05, 4.69) is 22.9 Å². The molecule has 1 aliphatic rings. The SMILES string of the molecule is Cc1c2c(cc3sccc13)Oc1cc(CC(C)(C)C(F)(F)F)cc3cc[n+](C)c-2c13. The molecule has 6 heteroatoms. The van der Waals surface area contributed by atoms with Crippen molar-refractivity contribution in [3.63, 3.8) is 0 Å². The summed E-state index contributed by atoms with van der Waals surface area (Å²) < 4.78 is 49.9. The lowest BCUT2D eigenvalue weighted by Crippen LogP contribution is -2.34. The fourth-order valence-electron chi connectivity index (χ4n) is 4.37. The summed E-state index contributed by atoms with van der Waals surface area (Å²) in [5, 5.41) is 5.10. The summed E-state index contributed by atoms with van der Waals surface area (Å²) in [5.41, 5.74) is 2.04. The molecule has 0 saturated heterocycles. The molecule has 0 saturated carbocycles. The topological polar surface area (TPSA) is 13.1 Å². The molecular formula is C24H21F3NOS+. The number of alkyl halides is 3. The third kappa shape index (κ3) is 2.73.